The fourth-order valence-electron chi connectivity index (χ4n) is 3.96. The van der Waals surface area contributed by atoms with Gasteiger partial charge in [-0.3, -0.25) is 19.1 Å². The number of benzene rings is 2. The smallest absolute Gasteiger partial charge is 0.259 e. The van der Waals surface area contributed by atoms with Gasteiger partial charge in [-0.05, 0) is 43.2 Å². The van der Waals surface area contributed by atoms with E-state index in [4.69, 9.17) is 4.52 Å². The second-order valence-corrected chi connectivity index (χ2v) is 7.97. The average Bonchev–Trinajstić information content (AvgIpc) is 3.34. The van der Waals surface area contributed by atoms with E-state index in [0.29, 0.717) is 16.9 Å². The highest BCUT2D eigenvalue weighted by atomic mass is 16.5. The van der Waals surface area contributed by atoms with Gasteiger partial charge in [-0.25, -0.2) is 0 Å². The molecule has 0 saturated carbocycles. The zero-order valence-electron chi connectivity index (χ0n) is 18.6. The van der Waals surface area contributed by atoms with E-state index in [1.54, 1.807) is 30.6 Å². The lowest BCUT2D eigenvalue weighted by Crippen LogP contribution is -2.28. The Balaban J connectivity index is 1.52. The monoisotopic (exact) mass is 451 g/mol. The minimum atomic E-state index is -0.339. The molecular weight excluding hydrogens is 430 g/mol. The Morgan fingerprint density at radius 3 is 2.50 bits per heavy atom. The summed E-state index contributed by atoms with van der Waals surface area (Å²) in [5, 5.41) is 7.72. The topological polar surface area (TPSA) is 103 Å². The Labute approximate surface area is 194 Å². The minimum absolute atomic E-state index is 0.125. The molecule has 0 saturated heterocycles. The summed E-state index contributed by atoms with van der Waals surface area (Å²) < 4.78 is 6.93. The van der Waals surface area contributed by atoms with Gasteiger partial charge in [0, 0.05) is 35.1 Å². The standard InChI is InChI=1S/C26H21N5O3/c1-16-6-5-7-17(2)24(16)28-22(32)15-31-21-9-4-3-8-19(21)20(14-23(31)33)26-29-25(30-34-26)18-10-12-27-13-11-18/h3-14H,15H2,1-2H3,(H,28,32). The normalized spacial score (nSPS) is 11.0. The molecule has 5 aromatic rings. The number of carbonyl (C=O) groups is 1. The van der Waals surface area contributed by atoms with Gasteiger partial charge in [0.1, 0.15) is 6.54 Å². The first-order chi connectivity index (χ1) is 16.5. The molecule has 0 fully saturated rings. The zero-order chi connectivity index (χ0) is 23.7. The molecule has 0 aliphatic rings. The van der Waals surface area contributed by atoms with Gasteiger partial charge in [0.05, 0.1) is 11.1 Å². The van der Waals surface area contributed by atoms with Crippen molar-refractivity contribution < 1.29 is 9.32 Å². The summed E-state index contributed by atoms with van der Waals surface area (Å²) in [6, 6.07) is 18.1. The predicted molar refractivity (Wildman–Crippen MR) is 129 cm³/mol. The summed E-state index contributed by atoms with van der Waals surface area (Å²) in [6.07, 6.45) is 3.29. The number of aryl methyl sites for hydroxylation is 2. The highest BCUT2D eigenvalue weighted by Gasteiger charge is 2.18. The van der Waals surface area contributed by atoms with E-state index in [9.17, 15) is 9.59 Å². The van der Waals surface area contributed by atoms with Gasteiger partial charge >= 0.3 is 0 Å². The number of aromatic nitrogens is 4. The van der Waals surface area contributed by atoms with Crippen LogP contribution in [0.25, 0.3) is 33.7 Å². The molecule has 1 N–H and O–H groups in total. The highest BCUT2D eigenvalue weighted by Crippen LogP contribution is 2.28. The predicted octanol–water partition coefficient (Wildman–Crippen LogP) is 4.37. The number of rotatable bonds is 5. The quantitative estimate of drug-likeness (QED) is 0.426. The van der Waals surface area contributed by atoms with Crippen molar-refractivity contribution in [1.82, 2.24) is 19.7 Å². The lowest BCUT2D eigenvalue weighted by molar-refractivity contribution is -0.116. The van der Waals surface area contributed by atoms with E-state index in [2.05, 4.69) is 20.4 Å². The Morgan fingerprint density at radius 2 is 1.74 bits per heavy atom. The Kier molecular flexibility index (Phi) is 5.47. The molecule has 0 aliphatic heterocycles. The van der Waals surface area contributed by atoms with Crippen LogP contribution in [0.15, 0.2) is 82.4 Å². The molecular formula is C26H21N5O3. The molecule has 168 valence electrons. The van der Waals surface area contributed by atoms with Gasteiger partial charge in [-0.15, -0.1) is 0 Å². The van der Waals surface area contributed by atoms with E-state index in [1.807, 2.05) is 50.2 Å². The molecule has 0 atom stereocenters. The van der Waals surface area contributed by atoms with Gasteiger partial charge in [-0.1, -0.05) is 41.6 Å². The van der Waals surface area contributed by atoms with Crippen molar-refractivity contribution in [3.05, 3.63) is 94.5 Å². The summed E-state index contributed by atoms with van der Waals surface area (Å²) in [7, 11) is 0. The molecule has 8 nitrogen and oxygen atoms in total. The SMILES string of the molecule is Cc1cccc(C)c1NC(=O)Cn1c(=O)cc(-c2nc(-c3ccncc3)no2)c2ccccc21. The first-order valence-electron chi connectivity index (χ1n) is 10.7. The van der Waals surface area contributed by atoms with Crippen LogP contribution in [0, 0.1) is 13.8 Å². The first-order valence-corrected chi connectivity index (χ1v) is 10.7. The third-order valence-corrected chi connectivity index (χ3v) is 5.66. The fourth-order valence-corrected chi connectivity index (χ4v) is 3.96. The van der Waals surface area contributed by atoms with E-state index >= 15 is 0 Å². The maximum atomic E-state index is 13.1. The molecule has 0 unspecified atom stereocenters. The zero-order valence-corrected chi connectivity index (χ0v) is 18.6. The van der Waals surface area contributed by atoms with Crippen molar-refractivity contribution in [2.75, 3.05) is 5.32 Å². The van der Waals surface area contributed by atoms with E-state index in [0.717, 1.165) is 27.8 Å². The number of amides is 1. The molecule has 0 bridgehead atoms. The van der Waals surface area contributed by atoms with Gasteiger partial charge in [-0.2, -0.15) is 4.98 Å². The van der Waals surface area contributed by atoms with Crippen LogP contribution in [-0.4, -0.2) is 25.6 Å². The molecule has 8 heteroatoms. The maximum Gasteiger partial charge on any atom is 0.259 e. The van der Waals surface area contributed by atoms with E-state index in [1.165, 1.54) is 10.6 Å². The highest BCUT2D eigenvalue weighted by molar-refractivity contribution is 5.96. The number of anilines is 1. The van der Waals surface area contributed by atoms with Crippen molar-refractivity contribution >= 4 is 22.5 Å². The molecule has 3 aromatic heterocycles. The summed E-state index contributed by atoms with van der Waals surface area (Å²) in [4.78, 5) is 34.5. The molecule has 0 radical (unpaired) electrons. The van der Waals surface area contributed by atoms with Crippen LogP contribution in [-0.2, 0) is 11.3 Å². The van der Waals surface area contributed by atoms with Gasteiger partial charge in [0.15, 0.2) is 0 Å². The first kappa shape index (κ1) is 21.3. The average molecular weight is 451 g/mol. The minimum Gasteiger partial charge on any atom is -0.334 e. The molecule has 1 amide bonds. The van der Waals surface area contributed by atoms with Crippen molar-refractivity contribution in [3.8, 4) is 22.8 Å². The number of nitrogens with one attached hydrogen (secondary N) is 1. The summed E-state index contributed by atoms with van der Waals surface area (Å²) >= 11 is 0. The summed E-state index contributed by atoms with van der Waals surface area (Å²) in [5.41, 5.74) is 4.21. The maximum absolute atomic E-state index is 13.1. The van der Waals surface area contributed by atoms with Crippen LogP contribution < -0.4 is 10.9 Å². The summed E-state index contributed by atoms with van der Waals surface area (Å²) in [5.74, 6) is 0.348. The van der Waals surface area contributed by atoms with E-state index in [-0.39, 0.29) is 23.9 Å². The Morgan fingerprint density at radius 1 is 1.00 bits per heavy atom. The van der Waals surface area contributed by atoms with Gasteiger partial charge < -0.3 is 9.84 Å². The van der Waals surface area contributed by atoms with Crippen molar-refractivity contribution in [3.63, 3.8) is 0 Å². The third-order valence-electron chi connectivity index (χ3n) is 5.66. The van der Waals surface area contributed by atoms with Crippen LogP contribution in [0.3, 0.4) is 0 Å². The van der Waals surface area contributed by atoms with Crippen molar-refractivity contribution in [2.24, 2.45) is 0 Å². The molecule has 2 aromatic carbocycles. The number of nitrogens with zero attached hydrogens (tertiary/aromatic N) is 4. The second-order valence-electron chi connectivity index (χ2n) is 7.97. The van der Waals surface area contributed by atoms with Crippen LogP contribution in [0.2, 0.25) is 0 Å². The van der Waals surface area contributed by atoms with Gasteiger partial charge in [0.2, 0.25) is 11.7 Å². The third kappa shape index (κ3) is 3.97. The number of hydrogen-bond acceptors (Lipinski definition) is 6. The molecule has 34 heavy (non-hydrogen) atoms. The number of carbonyl (C=O) groups excluding carboxylic acids is 1. The molecule has 0 spiro atoms. The molecule has 3 heterocycles. The largest absolute Gasteiger partial charge is 0.334 e. The van der Waals surface area contributed by atoms with Crippen molar-refractivity contribution in [1.29, 1.82) is 0 Å². The van der Waals surface area contributed by atoms with Crippen LogP contribution >= 0.6 is 0 Å². The molecule has 0 aliphatic carbocycles. The second kappa shape index (κ2) is 8.74. The van der Waals surface area contributed by atoms with Crippen LogP contribution in [0.5, 0.6) is 0 Å². The van der Waals surface area contributed by atoms with Crippen LogP contribution in [0.1, 0.15) is 11.1 Å². The summed E-state index contributed by atoms with van der Waals surface area (Å²) in [6.45, 7) is 3.74. The number of fused-ring (bicyclic) bond motifs is 1. The number of pyridine rings is 2. The lowest BCUT2D eigenvalue weighted by atomic mass is 10.1. The van der Waals surface area contributed by atoms with Crippen LogP contribution in [0.4, 0.5) is 5.69 Å². The Hall–Kier alpha value is -4.59. The number of hydrogen-bond donors (Lipinski definition) is 1. The molecule has 5 rings (SSSR count). The number of para-hydroxylation sites is 2. The van der Waals surface area contributed by atoms with Gasteiger partial charge in [0.25, 0.3) is 11.4 Å². The lowest BCUT2D eigenvalue weighted by Gasteiger charge is -2.14. The fraction of sp³-hybridized carbons (Fsp3) is 0.115. The Bertz CT molecular complexity index is 1550. The van der Waals surface area contributed by atoms with Crippen molar-refractivity contribution in [2.45, 2.75) is 20.4 Å². The van der Waals surface area contributed by atoms with E-state index < -0.39 is 0 Å².